The van der Waals surface area contributed by atoms with Crippen molar-refractivity contribution in [3.05, 3.63) is 88.5 Å². The number of aryl methyl sites for hydroxylation is 2. The molecule has 6 nitrogen and oxygen atoms in total. The zero-order valence-electron chi connectivity index (χ0n) is 20.1. The Morgan fingerprint density at radius 2 is 1.80 bits per heavy atom. The lowest BCUT2D eigenvalue weighted by Gasteiger charge is -2.32. The number of benzene rings is 2. The van der Waals surface area contributed by atoms with Crippen LogP contribution in [0.5, 0.6) is 5.75 Å². The van der Waals surface area contributed by atoms with E-state index in [2.05, 4.69) is 10.1 Å². The average molecular weight is 479 g/mol. The fourth-order valence-corrected chi connectivity index (χ4v) is 4.29. The molecule has 1 fully saturated rings. The van der Waals surface area contributed by atoms with Gasteiger partial charge in [-0.05, 0) is 63.4 Å². The van der Waals surface area contributed by atoms with Crippen molar-refractivity contribution >= 4 is 11.6 Å². The first kappa shape index (κ1) is 24.4. The number of likely N-dealkylation sites (tertiary alicyclic amines) is 1. The Morgan fingerprint density at radius 3 is 2.49 bits per heavy atom. The molecule has 2 heterocycles. The molecule has 0 unspecified atom stereocenters. The summed E-state index contributed by atoms with van der Waals surface area (Å²) < 4.78 is 27.9. The summed E-state index contributed by atoms with van der Waals surface area (Å²) in [6.45, 7) is 6.65. The van der Waals surface area contributed by atoms with Crippen LogP contribution in [0, 0.1) is 25.5 Å². The zero-order chi connectivity index (χ0) is 24.9. The highest BCUT2D eigenvalue weighted by molar-refractivity contribution is 5.99. The van der Waals surface area contributed by atoms with E-state index in [0.717, 1.165) is 16.8 Å². The highest BCUT2D eigenvalue weighted by atomic mass is 19.1. The minimum absolute atomic E-state index is 0.102. The van der Waals surface area contributed by atoms with Crippen molar-refractivity contribution in [2.45, 2.75) is 46.0 Å². The molecule has 35 heavy (non-hydrogen) atoms. The van der Waals surface area contributed by atoms with Crippen molar-refractivity contribution in [2.24, 2.45) is 5.16 Å². The van der Waals surface area contributed by atoms with Crippen LogP contribution >= 0.6 is 0 Å². The van der Waals surface area contributed by atoms with Gasteiger partial charge in [-0.2, -0.15) is 0 Å². The fraction of sp³-hybridized carbons (Fsp3) is 0.333. The molecule has 0 N–H and O–H groups in total. The van der Waals surface area contributed by atoms with E-state index >= 15 is 0 Å². The maximum absolute atomic E-state index is 14.0. The van der Waals surface area contributed by atoms with Gasteiger partial charge in [-0.25, -0.2) is 18.7 Å². The van der Waals surface area contributed by atoms with Crippen LogP contribution < -0.4 is 4.84 Å². The number of hydrogen-bond donors (Lipinski definition) is 0. The molecular weight excluding hydrogens is 450 g/mol. The Kier molecular flexibility index (Phi) is 7.48. The molecule has 0 aliphatic carbocycles. The SMILES string of the molecule is C/C(=N\Oc1cccc(C)c1)c1cnc(C)nc1C1CCN(C(=O)Cc2c(F)cccc2F)CC1. The molecule has 1 aliphatic heterocycles. The summed E-state index contributed by atoms with van der Waals surface area (Å²) in [6, 6.07) is 11.3. The van der Waals surface area contributed by atoms with Gasteiger partial charge >= 0.3 is 0 Å². The fourth-order valence-electron chi connectivity index (χ4n) is 4.29. The summed E-state index contributed by atoms with van der Waals surface area (Å²) in [4.78, 5) is 29.0. The van der Waals surface area contributed by atoms with Crippen LogP contribution in [-0.4, -0.2) is 39.6 Å². The second kappa shape index (κ2) is 10.7. The maximum atomic E-state index is 14.0. The summed E-state index contributed by atoms with van der Waals surface area (Å²) >= 11 is 0. The molecule has 1 aromatic heterocycles. The third-order valence-corrected chi connectivity index (χ3v) is 6.23. The van der Waals surface area contributed by atoms with E-state index in [1.807, 2.05) is 45.0 Å². The van der Waals surface area contributed by atoms with Gasteiger partial charge in [0.15, 0.2) is 5.75 Å². The Balaban J connectivity index is 1.45. The Labute approximate surface area is 203 Å². The van der Waals surface area contributed by atoms with E-state index in [4.69, 9.17) is 9.82 Å². The second-order valence-corrected chi connectivity index (χ2v) is 8.83. The van der Waals surface area contributed by atoms with Crippen LogP contribution in [0.25, 0.3) is 0 Å². The Morgan fingerprint density at radius 1 is 1.11 bits per heavy atom. The van der Waals surface area contributed by atoms with Crippen LogP contribution in [-0.2, 0) is 11.2 Å². The smallest absolute Gasteiger partial charge is 0.227 e. The number of halogens is 2. The van der Waals surface area contributed by atoms with Crippen LogP contribution in [0.3, 0.4) is 0 Å². The second-order valence-electron chi connectivity index (χ2n) is 8.83. The number of aromatic nitrogens is 2. The minimum atomic E-state index is -0.697. The zero-order valence-corrected chi connectivity index (χ0v) is 20.1. The number of oxime groups is 1. The molecule has 0 radical (unpaired) electrons. The number of rotatable bonds is 6. The van der Waals surface area contributed by atoms with Gasteiger partial charge in [0.2, 0.25) is 5.91 Å². The standard InChI is InChI=1S/C27H28F2N4O2/c1-17-6-4-7-21(14-17)35-32-18(2)23-16-30-19(3)31-27(23)20-10-12-33(13-11-20)26(34)15-22-24(28)8-5-9-25(22)29/h4-9,14,16,20H,10-13,15H2,1-3H3/b32-18+. The van der Waals surface area contributed by atoms with E-state index in [0.29, 0.717) is 43.2 Å². The molecule has 8 heteroatoms. The number of carbonyl (C=O) groups is 1. The van der Waals surface area contributed by atoms with Gasteiger partial charge in [0, 0.05) is 36.3 Å². The molecule has 0 bridgehead atoms. The summed E-state index contributed by atoms with van der Waals surface area (Å²) in [5, 5.41) is 4.30. The van der Waals surface area contributed by atoms with Crippen molar-refractivity contribution in [3.63, 3.8) is 0 Å². The minimum Gasteiger partial charge on any atom is -0.357 e. The monoisotopic (exact) mass is 478 g/mol. The average Bonchev–Trinajstić information content (AvgIpc) is 2.85. The molecule has 1 saturated heterocycles. The number of amides is 1. The van der Waals surface area contributed by atoms with E-state index in [9.17, 15) is 13.6 Å². The topological polar surface area (TPSA) is 67.7 Å². The number of carbonyl (C=O) groups excluding carboxylic acids is 1. The Bertz CT molecular complexity index is 1230. The van der Waals surface area contributed by atoms with Gasteiger partial charge in [-0.1, -0.05) is 23.4 Å². The lowest BCUT2D eigenvalue weighted by Crippen LogP contribution is -2.39. The lowest BCUT2D eigenvalue weighted by molar-refractivity contribution is -0.131. The van der Waals surface area contributed by atoms with Gasteiger partial charge in [0.1, 0.15) is 17.5 Å². The third kappa shape index (κ3) is 5.88. The first-order chi connectivity index (χ1) is 16.8. The van der Waals surface area contributed by atoms with Crippen molar-refractivity contribution in [2.75, 3.05) is 13.1 Å². The highest BCUT2D eigenvalue weighted by Crippen LogP contribution is 2.30. The van der Waals surface area contributed by atoms with Gasteiger partial charge < -0.3 is 9.74 Å². The molecule has 182 valence electrons. The predicted octanol–water partition coefficient (Wildman–Crippen LogP) is 5.12. The summed E-state index contributed by atoms with van der Waals surface area (Å²) in [5.74, 6) is -0.267. The van der Waals surface area contributed by atoms with Crippen molar-refractivity contribution in [1.29, 1.82) is 0 Å². The summed E-state index contributed by atoms with van der Waals surface area (Å²) in [7, 11) is 0. The van der Waals surface area contributed by atoms with Crippen LogP contribution in [0.4, 0.5) is 8.78 Å². The third-order valence-electron chi connectivity index (χ3n) is 6.23. The number of nitrogens with zero attached hydrogens (tertiary/aromatic N) is 4. The van der Waals surface area contributed by atoms with Crippen molar-refractivity contribution < 1.29 is 18.4 Å². The first-order valence-electron chi connectivity index (χ1n) is 11.6. The van der Waals surface area contributed by atoms with E-state index in [1.54, 1.807) is 11.1 Å². The molecular formula is C27H28F2N4O2. The molecule has 1 amide bonds. The van der Waals surface area contributed by atoms with Crippen LogP contribution in [0.1, 0.15) is 53.9 Å². The van der Waals surface area contributed by atoms with E-state index < -0.39 is 11.6 Å². The quantitative estimate of drug-likeness (QED) is 0.364. The summed E-state index contributed by atoms with van der Waals surface area (Å²) in [5.41, 5.74) is 3.23. The van der Waals surface area contributed by atoms with E-state index in [1.165, 1.54) is 18.2 Å². The van der Waals surface area contributed by atoms with Gasteiger partial charge in [0.05, 0.1) is 17.8 Å². The van der Waals surface area contributed by atoms with Gasteiger partial charge in [-0.15, -0.1) is 0 Å². The molecule has 1 aliphatic rings. The van der Waals surface area contributed by atoms with Crippen molar-refractivity contribution in [3.8, 4) is 5.75 Å². The van der Waals surface area contributed by atoms with Crippen LogP contribution in [0.15, 0.2) is 53.8 Å². The Hall–Kier alpha value is -3.68. The van der Waals surface area contributed by atoms with Crippen LogP contribution in [0.2, 0.25) is 0 Å². The van der Waals surface area contributed by atoms with Gasteiger partial charge in [-0.3, -0.25) is 4.79 Å². The largest absolute Gasteiger partial charge is 0.357 e. The predicted molar refractivity (Wildman–Crippen MR) is 129 cm³/mol. The molecule has 0 saturated carbocycles. The highest BCUT2D eigenvalue weighted by Gasteiger charge is 2.28. The number of hydrogen-bond acceptors (Lipinski definition) is 5. The lowest BCUT2D eigenvalue weighted by atomic mass is 9.89. The molecule has 3 aromatic rings. The summed E-state index contributed by atoms with van der Waals surface area (Å²) in [6.07, 6.45) is 2.83. The molecule has 4 rings (SSSR count). The molecule has 2 aromatic carbocycles. The maximum Gasteiger partial charge on any atom is 0.227 e. The molecule has 0 atom stereocenters. The van der Waals surface area contributed by atoms with Gasteiger partial charge in [0.25, 0.3) is 0 Å². The van der Waals surface area contributed by atoms with Crippen molar-refractivity contribution in [1.82, 2.24) is 14.9 Å². The molecule has 0 spiro atoms. The van der Waals surface area contributed by atoms with E-state index in [-0.39, 0.29) is 23.8 Å². The normalized spacial score (nSPS) is 14.8. The number of piperidine rings is 1. The first-order valence-corrected chi connectivity index (χ1v) is 11.6.